The molecule has 0 aromatic heterocycles. The Balaban J connectivity index is 1.56. The summed E-state index contributed by atoms with van der Waals surface area (Å²) in [5, 5.41) is 1.93. The number of hydrogen-bond donors (Lipinski definition) is 0. The molecule has 3 saturated heterocycles. The van der Waals surface area contributed by atoms with Gasteiger partial charge >= 0.3 is 5.97 Å². The van der Waals surface area contributed by atoms with Crippen LogP contribution >= 0.6 is 0 Å². The van der Waals surface area contributed by atoms with Crippen molar-refractivity contribution >= 4 is 24.7 Å². The van der Waals surface area contributed by atoms with Gasteiger partial charge in [0.15, 0.2) is 30.4 Å². The number of carbonyl (C=O) groups is 1. The van der Waals surface area contributed by atoms with Crippen LogP contribution in [0.5, 0.6) is 0 Å². The number of carbonyl (C=O) groups excluding carboxylic acids is 1. The summed E-state index contributed by atoms with van der Waals surface area (Å²) >= 11 is 0. The predicted molar refractivity (Wildman–Crippen MR) is 121 cm³/mol. The lowest BCUT2D eigenvalue weighted by molar-refractivity contribution is -0.214. The lowest BCUT2D eigenvalue weighted by atomic mass is 10.1. The average molecular weight is 455 g/mol. The number of esters is 1. The molecule has 7 heteroatoms. The Bertz CT molecular complexity index is 947. The van der Waals surface area contributed by atoms with Gasteiger partial charge in [-0.2, -0.15) is 0 Å². The molecule has 0 amide bonds. The maximum absolute atomic E-state index is 13.1. The summed E-state index contributed by atoms with van der Waals surface area (Å²) in [5.41, 5.74) is 0. The van der Waals surface area contributed by atoms with E-state index in [2.05, 4.69) is 45.0 Å². The highest BCUT2D eigenvalue weighted by atomic mass is 28.4. The van der Waals surface area contributed by atoms with Crippen LogP contribution < -0.4 is 10.4 Å². The molecule has 0 radical (unpaired) electrons. The van der Waals surface area contributed by atoms with E-state index in [0.717, 1.165) is 10.4 Å². The number of hydrogen-bond acceptors (Lipinski definition) is 6. The molecule has 3 heterocycles. The average Bonchev–Trinajstić information content (AvgIpc) is 3.32. The molecule has 0 bridgehead atoms. The maximum Gasteiger partial charge on any atom is 0.337 e. The molecule has 3 fully saturated rings. The quantitative estimate of drug-likeness (QED) is 0.523. The zero-order valence-corrected chi connectivity index (χ0v) is 20.1. The molecule has 0 aliphatic carbocycles. The monoisotopic (exact) mass is 454 g/mol. The Morgan fingerprint density at radius 2 is 1.41 bits per heavy atom. The molecule has 2 aromatic rings. The van der Waals surface area contributed by atoms with Crippen molar-refractivity contribution in [1.82, 2.24) is 0 Å². The standard InChI is InChI=1S/C25H30O6Si/c1-24(2,3)32(16-12-8-6-9-13-16,17-14-10-7-11-15-17)31-20-18-19(27-22(20)26)21-23(28-18)30-25(4,5)29-21/h6-15,18-21,23H,1-5H3/t18-,19-,20-,21+,23+/m0/s1. The zero-order chi connectivity index (χ0) is 22.7. The van der Waals surface area contributed by atoms with E-state index in [9.17, 15) is 4.79 Å². The van der Waals surface area contributed by atoms with Crippen molar-refractivity contribution in [3.05, 3.63) is 60.7 Å². The molecule has 0 unspecified atom stereocenters. The molecular weight excluding hydrogens is 424 g/mol. The van der Waals surface area contributed by atoms with Crippen LogP contribution in [-0.2, 0) is 28.2 Å². The third kappa shape index (κ3) is 3.35. The number of benzene rings is 2. The highest BCUT2D eigenvalue weighted by Crippen LogP contribution is 2.45. The van der Waals surface area contributed by atoms with Gasteiger partial charge in [0.1, 0.15) is 6.10 Å². The van der Waals surface area contributed by atoms with Crippen LogP contribution in [0.2, 0.25) is 5.04 Å². The van der Waals surface area contributed by atoms with Crippen LogP contribution in [0.3, 0.4) is 0 Å². The zero-order valence-electron chi connectivity index (χ0n) is 19.1. The van der Waals surface area contributed by atoms with Gasteiger partial charge in [-0.25, -0.2) is 4.79 Å². The van der Waals surface area contributed by atoms with E-state index in [1.807, 2.05) is 50.2 Å². The van der Waals surface area contributed by atoms with Crippen molar-refractivity contribution < 1.29 is 28.2 Å². The second-order valence-electron chi connectivity index (χ2n) is 10.2. The number of rotatable bonds is 4. The summed E-state index contributed by atoms with van der Waals surface area (Å²) in [7, 11) is -2.94. The lowest BCUT2D eigenvalue weighted by Crippen LogP contribution is -2.68. The Hall–Kier alpha value is -2.03. The van der Waals surface area contributed by atoms with Crippen molar-refractivity contribution in [2.45, 2.75) is 76.1 Å². The van der Waals surface area contributed by atoms with Crippen molar-refractivity contribution in [3.63, 3.8) is 0 Å². The third-order valence-electron chi connectivity index (χ3n) is 6.53. The van der Waals surface area contributed by atoms with Gasteiger partial charge in [-0.05, 0) is 29.3 Å². The molecule has 6 nitrogen and oxygen atoms in total. The number of ether oxygens (including phenoxy) is 4. The smallest absolute Gasteiger partial charge is 0.337 e. The van der Waals surface area contributed by atoms with Crippen LogP contribution in [-0.4, -0.2) is 50.8 Å². The molecule has 170 valence electrons. The summed E-state index contributed by atoms with van der Waals surface area (Å²) in [4.78, 5) is 13.1. The van der Waals surface area contributed by atoms with E-state index in [0.29, 0.717) is 0 Å². The number of fused-ring (bicyclic) bond motifs is 3. The summed E-state index contributed by atoms with van der Waals surface area (Å²) in [6, 6.07) is 20.5. The molecule has 0 spiro atoms. The molecule has 3 aliphatic rings. The van der Waals surface area contributed by atoms with E-state index in [1.165, 1.54) is 0 Å². The van der Waals surface area contributed by atoms with Gasteiger partial charge in [0, 0.05) is 0 Å². The van der Waals surface area contributed by atoms with E-state index in [4.69, 9.17) is 23.4 Å². The fourth-order valence-electron chi connectivity index (χ4n) is 5.21. The molecular formula is C25H30O6Si. The van der Waals surface area contributed by atoms with Gasteiger partial charge in [-0.1, -0.05) is 81.4 Å². The minimum Gasteiger partial charge on any atom is -0.454 e. The molecule has 2 aromatic carbocycles. The molecule has 32 heavy (non-hydrogen) atoms. The van der Waals surface area contributed by atoms with Crippen LogP contribution in [0, 0.1) is 0 Å². The van der Waals surface area contributed by atoms with Crippen LogP contribution in [0.1, 0.15) is 34.6 Å². The van der Waals surface area contributed by atoms with Crippen molar-refractivity contribution in [2.24, 2.45) is 0 Å². The Morgan fingerprint density at radius 1 is 0.844 bits per heavy atom. The van der Waals surface area contributed by atoms with Crippen LogP contribution in [0.25, 0.3) is 0 Å². The highest BCUT2D eigenvalue weighted by molar-refractivity contribution is 6.99. The van der Waals surface area contributed by atoms with Gasteiger partial charge < -0.3 is 23.4 Å². The van der Waals surface area contributed by atoms with Crippen molar-refractivity contribution in [3.8, 4) is 0 Å². The Labute approximate surface area is 189 Å². The molecule has 5 atom stereocenters. The normalized spacial score (nSPS) is 31.3. The molecule has 0 saturated carbocycles. The Kier molecular flexibility index (Phi) is 5.11. The predicted octanol–water partition coefficient (Wildman–Crippen LogP) is 2.73. The van der Waals surface area contributed by atoms with E-state index in [-0.39, 0.29) is 5.04 Å². The first kappa shape index (κ1) is 21.8. The lowest BCUT2D eigenvalue weighted by Gasteiger charge is -2.44. The van der Waals surface area contributed by atoms with Gasteiger partial charge in [0.25, 0.3) is 8.32 Å². The topological polar surface area (TPSA) is 63.2 Å². The Morgan fingerprint density at radius 3 is 1.94 bits per heavy atom. The van der Waals surface area contributed by atoms with E-state index < -0.39 is 50.8 Å². The van der Waals surface area contributed by atoms with E-state index in [1.54, 1.807) is 0 Å². The summed E-state index contributed by atoms with van der Waals surface area (Å²) in [6.07, 6.45) is -3.00. The van der Waals surface area contributed by atoms with Crippen molar-refractivity contribution in [2.75, 3.05) is 0 Å². The largest absolute Gasteiger partial charge is 0.454 e. The van der Waals surface area contributed by atoms with Gasteiger partial charge in [0.2, 0.25) is 0 Å². The first-order chi connectivity index (χ1) is 15.1. The van der Waals surface area contributed by atoms with Gasteiger partial charge in [-0.3, -0.25) is 0 Å². The third-order valence-corrected chi connectivity index (χ3v) is 11.5. The molecule has 0 N–H and O–H groups in total. The first-order valence-electron chi connectivity index (χ1n) is 11.1. The second kappa shape index (κ2) is 7.50. The first-order valence-corrected chi connectivity index (χ1v) is 13.0. The highest BCUT2D eigenvalue weighted by Gasteiger charge is 2.65. The van der Waals surface area contributed by atoms with Crippen LogP contribution in [0.4, 0.5) is 0 Å². The molecule has 5 rings (SSSR count). The maximum atomic E-state index is 13.1. The summed E-state index contributed by atoms with van der Waals surface area (Å²) in [5.74, 6) is -1.18. The van der Waals surface area contributed by atoms with Gasteiger partial charge in [0.05, 0.1) is 0 Å². The minimum absolute atomic E-state index is 0.266. The van der Waals surface area contributed by atoms with Gasteiger partial charge in [-0.15, -0.1) is 0 Å². The molecule has 3 aliphatic heterocycles. The fourth-order valence-corrected chi connectivity index (χ4v) is 9.84. The van der Waals surface area contributed by atoms with E-state index >= 15 is 0 Å². The summed E-state index contributed by atoms with van der Waals surface area (Å²) < 4.78 is 30.8. The van der Waals surface area contributed by atoms with Crippen molar-refractivity contribution in [1.29, 1.82) is 0 Å². The SMILES string of the molecule is CC1(C)O[C@H]2O[C@H]3[C@H](OC(=O)[C@H]3O[Si](c3ccccc3)(c3ccccc3)C(C)(C)C)[C@H]2O1. The van der Waals surface area contributed by atoms with Crippen LogP contribution in [0.15, 0.2) is 60.7 Å². The minimum atomic E-state index is -2.94. The second-order valence-corrected chi connectivity index (χ2v) is 14.4. The fraction of sp³-hybridized carbons (Fsp3) is 0.480. The summed E-state index contributed by atoms with van der Waals surface area (Å²) in [6.45, 7) is 10.2.